The molecule has 3 aromatic heterocycles. The summed E-state index contributed by atoms with van der Waals surface area (Å²) in [6.07, 6.45) is 3.12. The van der Waals surface area contributed by atoms with Crippen LogP contribution < -0.4 is 0 Å². The molecule has 5 aromatic rings. The van der Waals surface area contributed by atoms with Crippen molar-refractivity contribution in [3.8, 4) is 22.5 Å². The van der Waals surface area contributed by atoms with E-state index in [0.29, 0.717) is 12.4 Å². The van der Waals surface area contributed by atoms with E-state index in [1.54, 1.807) is 0 Å². The minimum Gasteiger partial charge on any atom is -0.322 e. The van der Waals surface area contributed by atoms with Gasteiger partial charge < -0.3 is 4.57 Å². The molecular formula is C29H34N8. The quantitative estimate of drug-likeness (QED) is 0.258. The van der Waals surface area contributed by atoms with Gasteiger partial charge in [0.1, 0.15) is 11.3 Å². The fourth-order valence-electron chi connectivity index (χ4n) is 4.89. The molecule has 8 nitrogen and oxygen atoms in total. The van der Waals surface area contributed by atoms with Crippen molar-refractivity contribution in [3.05, 3.63) is 71.3 Å². The van der Waals surface area contributed by atoms with Gasteiger partial charge in [-0.05, 0) is 40.2 Å². The molecule has 0 saturated heterocycles. The van der Waals surface area contributed by atoms with Gasteiger partial charge in [0.15, 0.2) is 0 Å². The van der Waals surface area contributed by atoms with Gasteiger partial charge in [0.05, 0.1) is 23.4 Å². The average Bonchev–Trinajstić information content (AvgIpc) is 3.56. The Balaban J connectivity index is 1.71. The van der Waals surface area contributed by atoms with Crippen molar-refractivity contribution in [1.29, 1.82) is 0 Å². The van der Waals surface area contributed by atoms with Crippen molar-refractivity contribution in [2.24, 2.45) is 0 Å². The van der Waals surface area contributed by atoms with Crippen molar-refractivity contribution in [2.45, 2.75) is 72.3 Å². The number of benzene rings is 2. The standard InChI is InChI=1S/C29H34N8/c1-6-7-16-24-30-27-25(18(2)3)31-32-26(19(4)5)28(27)37(24)17-20-12-8-9-13-21(20)22-14-10-11-15-23(22)29-33-35-36-34-29/h8-15,18-19H,6-7,16-17H2,1-5H3,(H,33,34,35,36). The zero-order valence-electron chi connectivity index (χ0n) is 22.2. The third-order valence-electron chi connectivity index (χ3n) is 6.79. The summed E-state index contributed by atoms with van der Waals surface area (Å²) in [5, 5.41) is 24.2. The van der Waals surface area contributed by atoms with E-state index < -0.39 is 0 Å². The van der Waals surface area contributed by atoms with E-state index in [-0.39, 0.29) is 11.8 Å². The van der Waals surface area contributed by atoms with Crippen molar-refractivity contribution >= 4 is 11.0 Å². The van der Waals surface area contributed by atoms with Crippen LogP contribution in [0.15, 0.2) is 48.5 Å². The van der Waals surface area contributed by atoms with E-state index in [2.05, 4.69) is 101 Å². The first kappa shape index (κ1) is 24.7. The van der Waals surface area contributed by atoms with Crippen molar-refractivity contribution in [2.75, 3.05) is 0 Å². The molecule has 5 rings (SSSR count). The molecule has 0 amide bonds. The lowest BCUT2D eigenvalue weighted by Crippen LogP contribution is -2.10. The summed E-state index contributed by atoms with van der Waals surface area (Å²) in [5.41, 5.74) is 8.43. The number of rotatable bonds is 9. The highest BCUT2D eigenvalue weighted by atomic mass is 15.5. The number of nitrogens with zero attached hydrogens (tertiary/aromatic N) is 7. The molecular weight excluding hydrogens is 460 g/mol. The maximum atomic E-state index is 5.20. The van der Waals surface area contributed by atoms with Crippen LogP contribution >= 0.6 is 0 Å². The molecule has 0 aliphatic rings. The van der Waals surface area contributed by atoms with Gasteiger partial charge in [-0.1, -0.05) is 89.6 Å². The number of imidazole rings is 1. The fraction of sp³-hybridized carbons (Fsp3) is 0.379. The molecule has 2 aromatic carbocycles. The highest BCUT2D eigenvalue weighted by Crippen LogP contribution is 2.35. The smallest absolute Gasteiger partial charge is 0.205 e. The summed E-state index contributed by atoms with van der Waals surface area (Å²) in [4.78, 5) is 5.20. The van der Waals surface area contributed by atoms with E-state index >= 15 is 0 Å². The maximum absolute atomic E-state index is 5.20. The number of hydrogen-bond acceptors (Lipinski definition) is 6. The molecule has 0 radical (unpaired) electrons. The lowest BCUT2D eigenvalue weighted by atomic mass is 9.95. The van der Waals surface area contributed by atoms with Gasteiger partial charge in [0.2, 0.25) is 5.82 Å². The van der Waals surface area contributed by atoms with E-state index in [4.69, 9.17) is 10.1 Å². The topological polar surface area (TPSA) is 98.1 Å². The van der Waals surface area contributed by atoms with Gasteiger partial charge in [-0.25, -0.2) is 4.98 Å². The molecule has 0 aliphatic carbocycles. The number of unbranched alkanes of at least 4 members (excludes halogenated alkanes) is 1. The first-order valence-electron chi connectivity index (χ1n) is 13.2. The van der Waals surface area contributed by atoms with Gasteiger partial charge >= 0.3 is 0 Å². The van der Waals surface area contributed by atoms with Gasteiger partial charge in [-0.2, -0.15) is 15.4 Å². The zero-order valence-corrected chi connectivity index (χ0v) is 22.2. The molecule has 0 aliphatic heterocycles. The molecule has 0 unspecified atom stereocenters. The molecule has 1 N–H and O–H groups in total. The first-order chi connectivity index (χ1) is 18.0. The average molecular weight is 495 g/mol. The van der Waals surface area contributed by atoms with E-state index in [1.807, 2.05) is 12.1 Å². The molecule has 190 valence electrons. The third-order valence-corrected chi connectivity index (χ3v) is 6.79. The van der Waals surface area contributed by atoms with E-state index in [1.165, 1.54) is 5.56 Å². The Hall–Kier alpha value is -3.94. The number of hydrogen-bond donors (Lipinski definition) is 1. The highest BCUT2D eigenvalue weighted by Gasteiger charge is 2.23. The molecule has 8 heteroatoms. The summed E-state index contributed by atoms with van der Waals surface area (Å²) in [6, 6.07) is 16.8. The molecule has 0 bridgehead atoms. The van der Waals surface area contributed by atoms with E-state index in [0.717, 1.165) is 64.2 Å². The normalized spacial score (nSPS) is 11.8. The second kappa shape index (κ2) is 10.6. The Morgan fingerprint density at radius 1 is 0.811 bits per heavy atom. The van der Waals surface area contributed by atoms with E-state index in [9.17, 15) is 0 Å². The number of H-pyrrole nitrogens is 1. The first-order valence-corrected chi connectivity index (χ1v) is 13.2. The van der Waals surface area contributed by atoms with Crippen LogP contribution in [0.2, 0.25) is 0 Å². The minimum atomic E-state index is 0.236. The number of tetrazole rings is 1. The molecule has 3 heterocycles. The SMILES string of the molecule is CCCCc1nc2c(C(C)C)nnc(C(C)C)c2n1Cc1ccccc1-c1ccccc1-c1nn[nH]n1. The van der Waals surface area contributed by atoms with Gasteiger partial charge in [0, 0.05) is 12.0 Å². The number of nitrogens with one attached hydrogen (secondary N) is 1. The Kier molecular flexibility index (Phi) is 7.08. The maximum Gasteiger partial charge on any atom is 0.205 e. The van der Waals surface area contributed by atoms with Gasteiger partial charge in [-0.15, -0.1) is 10.2 Å². The number of aromatic nitrogens is 8. The summed E-state index contributed by atoms with van der Waals surface area (Å²) in [6.45, 7) is 11.6. The molecule has 0 fully saturated rings. The summed E-state index contributed by atoms with van der Waals surface area (Å²) in [5.74, 6) is 2.16. The summed E-state index contributed by atoms with van der Waals surface area (Å²) >= 11 is 0. The lowest BCUT2D eigenvalue weighted by molar-refractivity contribution is 0.683. The minimum absolute atomic E-state index is 0.236. The lowest BCUT2D eigenvalue weighted by Gasteiger charge is -2.17. The van der Waals surface area contributed by atoms with Crippen LogP contribution in [0.1, 0.15) is 82.1 Å². The molecule has 0 spiro atoms. The predicted octanol–water partition coefficient (Wildman–Crippen LogP) is 6.31. The Labute approximate surface area is 217 Å². The Bertz CT molecular complexity index is 1500. The number of aromatic amines is 1. The van der Waals surface area contributed by atoms with Gasteiger partial charge in [-0.3, -0.25) is 0 Å². The third kappa shape index (κ3) is 4.75. The van der Waals surface area contributed by atoms with Crippen LogP contribution in [0.3, 0.4) is 0 Å². The second-order valence-corrected chi connectivity index (χ2v) is 10.1. The highest BCUT2D eigenvalue weighted by molar-refractivity contribution is 5.83. The van der Waals surface area contributed by atoms with Crippen molar-refractivity contribution in [3.63, 3.8) is 0 Å². The second-order valence-electron chi connectivity index (χ2n) is 10.1. The Morgan fingerprint density at radius 3 is 2.16 bits per heavy atom. The largest absolute Gasteiger partial charge is 0.322 e. The van der Waals surface area contributed by atoms with Crippen LogP contribution in [0.5, 0.6) is 0 Å². The summed E-state index contributed by atoms with van der Waals surface area (Å²) < 4.78 is 2.39. The van der Waals surface area contributed by atoms with Crippen molar-refractivity contribution < 1.29 is 0 Å². The van der Waals surface area contributed by atoms with Gasteiger partial charge in [0.25, 0.3) is 0 Å². The van der Waals surface area contributed by atoms with Crippen LogP contribution in [-0.2, 0) is 13.0 Å². The van der Waals surface area contributed by atoms with Crippen LogP contribution in [-0.4, -0.2) is 40.4 Å². The van der Waals surface area contributed by atoms with Crippen molar-refractivity contribution in [1.82, 2.24) is 40.4 Å². The van der Waals surface area contributed by atoms with Crippen LogP contribution in [0.4, 0.5) is 0 Å². The molecule has 37 heavy (non-hydrogen) atoms. The summed E-state index contributed by atoms with van der Waals surface area (Å²) in [7, 11) is 0. The zero-order chi connectivity index (χ0) is 25.9. The molecule has 0 saturated carbocycles. The van der Waals surface area contributed by atoms with Crippen LogP contribution in [0, 0.1) is 0 Å². The monoisotopic (exact) mass is 494 g/mol. The Morgan fingerprint density at radius 2 is 1.49 bits per heavy atom. The number of fused-ring (bicyclic) bond motifs is 1. The van der Waals surface area contributed by atoms with Crippen LogP contribution in [0.25, 0.3) is 33.5 Å². The predicted molar refractivity (Wildman–Crippen MR) is 146 cm³/mol. The number of aryl methyl sites for hydroxylation is 1. The fourth-order valence-corrected chi connectivity index (χ4v) is 4.89. The molecule has 0 atom stereocenters.